The summed E-state index contributed by atoms with van der Waals surface area (Å²) in [7, 11) is 2.09. The van der Waals surface area contributed by atoms with Gasteiger partial charge in [0.25, 0.3) is 0 Å². The van der Waals surface area contributed by atoms with Gasteiger partial charge in [-0.3, -0.25) is 0 Å². The molecule has 1 atom stereocenters. The van der Waals surface area contributed by atoms with Crippen molar-refractivity contribution >= 4 is 33.1 Å². The van der Waals surface area contributed by atoms with Gasteiger partial charge in [0.15, 0.2) is 0 Å². The molecule has 1 nitrogen and oxygen atoms in total. The van der Waals surface area contributed by atoms with E-state index in [2.05, 4.69) is 110 Å². The van der Waals surface area contributed by atoms with E-state index < -0.39 is 5.96 Å². The van der Waals surface area contributed by atoms with Gasteiger partial charge in [0.1, 0.15) is 0 Å². The molecule has 3 heteroatoms. The van der Waals surface area contributed by atoms with E-state index in [0.29, 0.717) is 0 Å². The molecular weight excluding hydrogens is 429 g/mol. The van der Waals surface area contributed by atoms with Crippen molar-refractivity contribution in [1.29, 1.82) is 0 Å². The fraction of sp³-hybridized carbons (Fsp3) is 0.379. The molecule has 3 aromatic carbocycles. The Labute approximate surface area is 200 Å². The minimum atomic E-state index is -3.29. The Balaban J connectivity index is 2.05. The van der Waals surface area contributed by atoms with Crippen LogP contribution in [-0.4, -0.2) is 12.8 Å². The molecule has 3 rings (SSSR count). The number of unbranched alkanes of at least 4 members (excludes halogenated alkanes) is 6. The van der Waals surface area contributed by atoms with Crippen molar-refractivity contribution < 1.29 is 0 Å². The SMILES string of the molecule is CCCCCCCCCC(NC)P(Cl)(c1ccccc1)(c1ccccc1)c1ccccc1. The zero-order valence-electron chi connectivity index (χ0n) is 19.7. The van der Waals surface area contributed by atoms with Gasteiger partial charge in [-0.2, -0.15) is 0 Å². The van der Waals surface area contributed by atoms with E-state index in [1.807, 2.05) is 0 Å². The van der Waals surface area contributed by atoms with E-state index in [9.17, 15) is 0 Å². The fourth-order valence-electron chi connectivity index (χ4n) is 5.07. The zero-order valence-corrected chi connectivity index (χ0v) is 21.4. The van der Waals surface area contributed by atoms with Crippen molar-refractivity contribution in [2.24, 2.45) is 0 Å². The maximum atomic E-state index is 8.29. The number of nitrogens with one attached hydrogen (secondary N) is 1. The van der Waals surface area contributed by atoms with Gasteiger partial charge >= 0.3 is 201 Å². The van der Waals surface area contributed by atoms with E-state index in [1.165, 1.54) is 60.9 Å². The molecule has 0 saturated carbocycles. The van der Waals surface area contributed by atoms with Crippen molar-refractivity contribution in [3.05, 3.63) is 91.0 Å². The average molecular weight is 468 g/mol. The predicted molar refractivity (Wildman–Crippen MR) is 146 cm³/mol. The minimum absolute atomic E-state index is 0.158. The Morgan fingerprint density at radius 3 is 1.38 bits per heavy atom. The average Bonchev–Trinajstić information content (AvgIpc) is 2.87. The predicted octanol–water partition coefficient (Wildman–Crippen LogP) is 7.36. The van der Waals surface area contributed by atoms with Crippen molar-refractivity contribution in [3.63, 3.8) is 0 Å². The Morgan fingerprint density at radius 2 is 1.00 bits per heavy atom. The van der Waals surface area contributed by atoms with Crippen LogP contribution >= 0.6 is 17.2 Å². The topological polar surface area (TPSA) is 12.0 Å². The van der Waals surface area contributed by atoms with Crippen LogP contribution in [0, 0.1) is 0 Å². The van der Waals surface area contributed by atoms with Gasteiger partial charge in [-0.15, -0.1) is 0 Å². The summed E-state index contributed by atoms with van der Waals surface area (Å²) in [6, 6.07) is 32.5. The van der Waals surface area contributed by atoms with E-state index in [1.54, 1.807) is 0 Å². The maximum absolute atomic E-state index is 8.29. The number of halogens is 1. The monoisotopic (exact) mass is 467 g/mol. The standard InChI is InChI=1S/C29H39ClNP/c1-3-4-5-6-7-8-18-25-29(31-2)32(30,26-19-12-9-13-20-26,27-21-14-10-15-22-27)28-23-16-11-17-24-28/h9-17,19-24,29,31H,3-8,18,25H2,1-2H3. The third kappa shape index (κ3) is 4.96. The molecule has 3 aromatic rings. The van der Waals surface area contributed by atoms with Crippen LogP contribution in [0.25, 0.3) is 0 Å². The molecule has 0 heterocycles. The summed E-state index contributed by atoms with van der Waals surface area (Å²) in [5.74, 6) is -3.14. The van der Waals surface area contributed by atoms with Crippen molar-refractivity contribution in [1.82, 2.24) is 5.32 Å². The second-order valence-corrected chi connectivity index (χ2v) is 15.2. The van der Waals surface area contributed by atoms with Crippen LogP contribution in [0.1, 0.15) is 58.3 Å². The molecule has 0 aliphatic carbocycles. The second kappa shape index (κ2) is 12.0. The molecular formula is C29H39ClNP. The third-order valence-electron chi connectivity index (χ3n) is 6.78. The fourth-order valence-corrected chi connectivity index (χ4v) is 12.1. The van der Waals surface area contributed by atoms with Gasteiger partial charge in [0.2, 0.25) is 0 Å². The van der Waals surface area contributed by atoms with Crippen molar-refractivity contribution in [3.8, 4) is 0 Å². The van der Waals surface area contributed by atoms with Crippen LogP contribution in [0.4, 0.5) is 0 Å². The summed E-state index contributed by atoms with van der Waals surface area (Å²) in [6.45, 7) is 2.28. The van der Waals surface area contributed by atoms with Crippen LogP contribution < -0.4 is 21.2 Å². The van der Waals surface area contributed by atoms with Gasteiger partial charge in [-0.05, 0) is 0 Å². The van der Waals surface area contributed by atoms with Crippen LogP contribution in [0.3, 0.4) is 0 Å². The first-order chi connectivity index (χ1) is 15.7. The molecule has 0 radical (unpaired) electrons. The van der Waals surface area contributed by atoms with E-state index in [0.717, 1.165) is 6.42 Å². The molecule has 0 amide bonds. The van der Waals surface area contributed by atoms with E-state index in [-0.39, 0.29) is 5.78 Å². The first-order valence-electron chi connectivity index (χ1n) is 12.2. The van der Waals surface area contributed by atoms with Gasteiger partial charge in [0, 0.05) is 0 Å². The Bertz CT molecular complexity index is 814. The first-order valence-corrected chi connectivity index (χ1v) is 15.4. The molecule has 0 aliphatic rings. The number of hydrogen-bond donors (Lipinski definition) is 1. The van der Waals surface area contributed by atoms with Crippen LogP contribution in [-0.2, 0) is 0 Å². The molecule has 172 valence electrons. The molecule has 0 spiro atoms. The second-order valence-electron chi connectivity index (χ2n) is 8.79. The molecule has 1 N–H and O–H groups in total. The molecule has 32 heavy (non-hydrogen) atoms. The quantitative estimate of drug-likeness (QED) is 0.204. The van der Waals surface area contributed by atoms with Crippen molar-refractivity contribution in [2.45, 2.75) is 64.1 Å². The summed E-state index contributed by atoms with van der Waals surface area (Å²) in [5, 5.41) is 7.42. The van der Waals surface area contributed by atoms with Crippen LogP contribution in [0.15, 0.2) is 91.0 Å². The third-order valence-corrected chi connectivity index (χ3v) is 14.9. The Hall–Kier alpha value is -1.66. The van der Waals surface area contributed by atoms with Crippen LogP contribution in [0.2, 0.25) is 0 Å². The van der Waals surface area contributed by atoms with Gasteiger partial charge in [-0.25, -0.2) is 0 Å². The van der Waals surface area contributed by atoms with Gasteiger partial charge in [-0.1, -0.05) is 0 Å². The molecule has 0 saturated heterocycles. The number of benzene rings is 3. The molecule has 0 bridgehead atoms. The first kappa shape index (κ1) is 25.0. The van der Waals surface area contributed by atoms with Gasteiger partial charge < -0.3 is 0 Å². The molecule has 1 unspecified atom stereocenters. The summed E-state index contributed by atoms with van der Waals surface area (Å²) in [5.41, 5.74) is 0. The van der Waals surface area contributed by atoms with E-state index in [4.69, 9.17) is 11.2 Å². The summed E-state index contributed by atoms with van der Waals surface area (Å²) >= 11 is 8.29. The molecule has 0 aliphatic heterocycles. The van der Waals surface area contributed by atoms with Crippen LogP contribution in [0.5, 0.6) is 0 Å². The number of hydrogen-bond acceptors (Lipinski definition) is 1. The number of rotatable bonds is 13. The molecule has 0 fully saturated rings. The summed E-state index contributed by atoms with van der Waals surface area (Å²) in [6.07, 6.45) is 10.2. The van der Waals surface area contributed by atoms with Crippen molar-refractivity contribution in [2.75, 3.05) is 7.05 Å². The van der Waals surface area contributed by atoms with Gasteiger partial charge in [0.05, 0.1) is 0 Å². The Kier molecular flexibility index (Phi) is 9.35. The summed E-state index contributed by atoms with van der Waals surface area (Å²) in [4.78, 5) is 0. The normalized spacial score (nSPS) is 13.9. The Morgan fingerprint density at radius 1 is 0.625 bits per heavy atom. The molecule has 0 aromatic heterocycles. The zero-order chi connectivity index (χ0) is 22.7. The summed E-state index contributed by atoms with van der Waals surface area (Å²) < 4.78 is 0. The van der Waals surface area contributed by atoms with E-state index >= 15 is 0 Å².